The van der Waals surface area contributed by atoms with Crippen molar-refractivity contribution < 1.29 is 9.53 Å². The normalized spacial score (nSPS) is 10.6. The third kappa shape index (κ3) is 13.9. The van der Waals surface area contributed by atoms with Crippen LogP contribution < -0.4 is 0 Å². The van der Waals surface area contributed by atoms with Crippen LogP contribution >= 0.6 is 0 Å². The van der Waals surface area contributed by atoms with Crippen LogP contribution in [0.5, 0.6) is 0 Å². The van der Waals surface area contributed by atoms with Crippen molar-refractivity contribution in [1.29, 1.82) is 0 Å². The predicted octanol–water partition coefficient (Wildman–Crippen LogP) is 6.20. The zero-order valence-electron chi connectivity index (χ0n) is 14.4. The molecule has 0 heterocycles. The maximum Gasteiger partial charge on any atom is 0.333 e. The van der Waals surface area contributed by atoms with Crippen LogP contribution in [0.4, 0.5) is 0 Å². The minimum atomic E-state index is -0.205. The van der Waals surface area contributed by atoms with Gasteiger partial charge in [0.2, 0.25) is 0 Å². The molecular formula is C19H36O2. The summed E-state index contributed by atoms with van der Waals surface area (Å²) in [6.45, 7) is 8.59. The molecule has 0 aliphatic heterocycles. The summed E-state index contributed by atoms with van der Waals surface area (Å²) < 4.78 is 5.06. The van der Waals surface area contributed by atoms with Crippen LogP contribution in [0.2, 0.25) is 0 Å². The SMILES string of the molecule is C=C(CCCCCCCCCCCCC)C(=O)OCCC. The Hall–Kier alpha value is -0.790. The van der Waals surface area contributed by atoms with Crippen LogP contribution in [0.25, 0.3) is 0 Å². The van der Waals surface area contributed by atoms with Gasteiger partial charge in [-0.2, -0.15) is 0 Å². The average Bonchev–Trinajstić information content (AvgIpc) is 2.49. The van der Waals surface area contributed by atoms with Crippen molar-refractivity contribution in [3.8, 4) is 0 Å². The standard InChI is InChI=1S/C19H36O2/c1-4-6-7-8-9-10-11-12-13-14-15-16-18(3)19(20)21-17-5-2/h3-17H2,1-2H3. The molecular weight excluding hydrogens is 260 g/mol. The maximum atomic E-state index is 11.5. The van der Waals surface area contributed by atoms with Crippen LogP contribution in [0.1, 0.15) is 97.3 Å². The summed E-state index contributed by atoms with van der Waals surface area (Å²) in [5.41, 5.74) is 0.638. The Balaban J connectivity index is 3.24. The van der Waals surface area contributed by atoms with Crippen molar-refractivity contribution >= 4 is 5.97 Å². The van der Waals surface area contributed by atoms with Crippen LogP contribution in [0, 0.1) is 0 Å². The topological polar surface area (TPSA) is 26.3 Å². The molecule has 124 valence electrons. The lowest BCUT2D eigenvalue weighted by Crippen LogP contribution is -2.07. The fourth-order valence-corrected chi connectivity index (χ4v) is 2.40. The number of carbonyl (C=O) groups is 1. The van der Waals surface area contributed by atoms with Gasteiger partial charge in [-0.15, -0.1) is 0 Å². The molecule has 0 aromatic heterocycles. The van der Waals surface area contributed by atoms with Crippen molar-refractivity contribution in [2.24, 2.45) is 0 Å². The van der Waals surface area contributed by atoms with Crippen LogP contribution in [-0.2, 0) is 9.53 Å². The fourth-order valence-electron chi connectivity index (χ4n) is 2.40. The molecule has 0 aromatic rings. The first-order valence-corrected chi connectivity index (χ1v) is 9.07. The number of carbonyl (C=O) groups excluding carboxylic acids is 1. The number of rotatable bonds is 15. The summed E-state index contributed by atoms with van der Waals surface area (Å²) in [7, 11) is 0. The van der Waals surface area contributed by atoms with E-state index in [1.54, 1.807) is 0 Å². The number of ether oxygens (including phenoxy) is 1. The van der Waals surface area contributed by atoms with Gasteiger partial charge in [-0.3, -0.25) is 0 Å². The predicted molar refractivity (Wildman–Crippen MR) is 91.5 cm³/mol. The van der Waals surface area contributed by atoms with E-state index in [0.29, 0.717) is 12.2 Å². The number of hydrogen-bond acceptors (Lipinski definition) is 2. The highest BCUT2D eigenvalue weighted by Crippen LogP contribution is 2.14. The van der Waals surface area contributed by atoms with E-state index in [2.05, 4.69) is 13.5 Å². The molecule has 2 heteroatoms. The summed E-state index contributed by atoms with van der Waals surface area (Å²) in [4.78, 5) is 11.5. The highest BCUT2D eigenvalue weighted by molar-refractivity contribution is 5.87. The van der Waals surface area contributed by atoms with Crippen LogP contribution in [0.3, 0.4) is 0 Å². The molecule has 0 saturated carbocycles. The van der Waals surface area contributed by atoms with E-state index in [4.69, 9.17) is 4.74 Å². The molecule has 0 aliphatic rings. The molecule has 0 aliphatic carbocycles. The summed E-state index contributed by atoms with van der Waals surface area (Å²) in [6, 6.07) is 0. The van der Waals surface area contributed by atoms with Gasteiger partial charge in [-0.25, -0.2) is 4.79 Å². The Bertz CT molecular complexity index is 258. The Morgan fingerprint density at radius 2 is 1.24 bits per heavy atom. The number of esters is 1. The smallest absolute Gasteiger partial charge is 0.333 e. The highest BCUT2D eigenvalue weighted by atomic mass is 16.5. The van der Waals surface area contributed by atoms with Crippen molar-refractivity contribution in [1.82, 2.24) is 0 Å². The van der Waals surface area contributed by atoms with Crippen LogP contribution in [-0.4, -0.2) is 12.6 Å². The van der Waals surface area contributed by atoms with E-state index in [1.807, 2.05) is 6.92 Å². The molecule has 0 spiro atoms. The van der Waals surface area contributed by atoms with Gasteiger partial charge < -0.3 is 4.74 Å². The van der Waals surface area contributed by atoms with Crippen molar-refractivity contribution in [3.63, 3.8) is 0 Å². The molecule has 2 nitrogen and oxygen atoms in total. The number of hydrogen-bond donors (Lipinski definition) is 0. The lowest BCUT2D eigenvalue weighted by Gasteiger charge is -2.06. The molecule has 0 saturated heterocycles. The number of unbranched alkanes of at least 4 members (excludes halogenated alkanes) is 10. The van der Waals surface area contributed by atoms with E-state index < -0.39 is 0 Å². The second kappa shape index (κ2) is 15.6. The van der Waals surface area contributed by atoms with E-state index in [0.717, 1.165) is 19.3 Å². The Labute approximate surface area is 132 Å². The van der Waals surface area contributed by atoms with E-state index in [-0.39, 0.29) is 5.97 Å². The molecule has 0 rings (SSSR count). The molecule has 0 N–H and O–H groups in total. The maximum absolute atomic E-state index is 11.5. The second-order valence-corrected chi connectivity index (χ2v) is 6.03. The van der Waals surface area contributed by atoms with Crippen molar-refractivity contribution in [3.05, 3.63) is 12.2 Å². The molecule has 0 fully saturated rings. The third-order valence-corrected chi connectivity index (χ3v) is 3.81. The lowest BCUT2D eigenvalue weighted by molar-refractivity contribution is -0.139. The Kier molecular flexibility index (Phi) is 15.0. The minimum absolute atomic E-state index is 0.205. The molecule has 0 amide bonds. The first kappa shape index (κ1) is 20.2. The van der Waals surface area contributed by atoms with E-state index in [9.17, 15) is 4.79 Å². The zero-order chi connectivity index (χ0) is 15.8. The fraction of sp³-hybridized carbons (Fsp3) is 0.842. The van der Waals surface area contributed by atoms with Crippen molar-refractivity contribution in [2.45, 2.75) is 97.3 Å². The molecule has 21 heavy (non-hydrogen) atoms. The summed E-state index contributed by atoms with van der Waals surface area (Å²) in [6.07, 6.45) is 16.3. The molecule has 0 unspecified atom stereocenters. The first-order valence-electron chi connectivity index (χ1n) is 9.07. The second-order valence-electron chi connectivity index (χ2n) is 6.03. The van der Waals surface area contributed by atoms with Gasteiger partial charge in [0, 0.05) is 5.57 Å². The van der Waals surface area contributed by atoms with E-state index in [1.165, 1.54) is 64.2 Å². The van der Waals surface area contributed by atoms with Gasteiger partial charge in [0.25, 0.3) is 0 Å². The van der Waals surface area contributed by atoms with Gasteiger partial charge in [0.15, 0.2) is 0 Å². The molecule has 0 aromatic carbocycles. The Morgan fingerprint density at radius 3 is 1.71 bits per heavy atom. The summed E-state index contributed by atoms with van der Waals surface area (Å²) in [5, 5.41) is 0. The van der Waals surface area contributed by atoms with Gasteiger partial charge in [0.1, 0.15) is 0 Å². The zero-order valence-corrected chi connectivity index (χ0v) is 14.4. The Morgan fingerprint density at radius 1 is 0.762 bits per heavy atom. The molecule has 0 bridgehead atoms. The molecule has 0 atom stereocenters. The summed E-state index contributed by atoms with van der Waals surface area (Å²) in [5.74, 6) is -0.205. The van der Waals surface area contributed by atoms with Crippen molar-refractivity contribution in [2.75, 3.05) is 6.61 Å². The monoisotopic (exact) mass is 296 g/mol. The van der Waals surface area contributed by atoms with Gasteiger partial charge in [0.05, 0.1) is 6.61 Å². The van der Waals surface area contributed by atoms with Gasteiger partial charge in [-0.05, 0) is 19.3 Å². The minimum Gasteiger partial charge on any atom is -0.462 e. The van der Waals surface area contributed by atoms with E-state index >= 15 is 0 Å². The first-order chi connectivity index (χ1) is 10.2. The largest absolute Gasteiger partial charge is 0.462 e. The quantitative estimate of drug-likeness (QED) is 0.204. The lowest BCUT2D eigenvalue weighted by atomic mass is 10.0. The average molecular weight is 296 g/mol. The van der Waals surface area contributed by atoms with Gasteiger partial charge in [-0.1, -0.05) is 84.6 Å². The molecule has 0 radical (unpaired) electrons. The highest BCUT2D eigenvalue weighted by Gasteiger charge is 2.07. The third-order valence-electron chi connectivity index (χ3n) is 3.81. The van der Waals surface area contributed by atoms with Crippen LogP contribution in [0.15, 0.2) is 12.2 Å². The summed E-state index contributed by atoms with van der Waals surface area (Å²) >= 11 is 0. The van der Waals surface area contributed by atoms with Gasteiger partial charge >= 0.3 is 5.97 Å².